The van der Waals surface area contributed by atoms with E-state index in [1.54, 1.807) is 0 Å². The van der Waals surface area contributed by atoms with Crippen molar-refractivity contribution in [2.24, 2.45) is 0 Å². The van der Waals surface area contributed by atoms with Crippen molar-refractivity contribution in [2.75, 3.05) is 20.3 Å². The molecule has 1 aliphatic rings. The van der Waals surface area contributed by atoms with E-state index in [9.17, 15) is 0 Å². The molecule has 0 fully saturated rings. The molecule has 0 radical (unpaired) electrons. The summed E-state index contributed by atoms with van der Waals surface area (Å²) in [4.78, 5) is 0. The zero-order chi connectivity index (χ0) is 13.5. The van der Waals surface area contributed by atoms with Gasteiger partial charge in [-0.3, -0.25) is 0 Å². The van der Waals surface area contributed by atoms with Crippen LogP contribution in [0, 0.1) is 0 Å². The van der Waals surface area contributed by atoms with E-state index < -0.39 is 0 Å². The van der Waals surface area contributed by atoms with Crippen molar-refractivity contribution in [3.8, 4) is 11.5 Å². The van der Waals surface area contributed by atoms with Gasteiger partial charge >= 0.3 is 0 Å². The number of likely N-dealkylation sites (N-methyl/N-ethyl adjacent to an activating group) is 1. The number of hydrogen-bond acceptors (Lipinski definition) is 3. The third-order valence-electron chi connectivity index (χ3n) is 3.63. The van der Waals surface area contributed by atoms with Crippen LogP contribution in [0.1, 0.15) is 50.6 Å². The standard InChI is InChI=1S/C16H25NO2/c1-3-4-5-6-7-10-18-13-8-9-14-15(17-2)12-19-16(14)11-13/h8-9,11,15,17H,3-7,10,12H2,1-2H3. The van der Waals surface area contributed by atoms with Crippen LogP contribution in [0.2, 0.25) is 0 Å². The van der Waals surface area contributed by atoms with Crippen molar-refractivity contribution in [3.63, 3.8) is 0 Å². The van der Waals surface area contributed by atoms with E-state index in [4.69, 9.17) is 9.47 Å². The van der Waals surface area contributed by atoms with Crippen molar-refractivity contribution in [3.05, 3.63) is 23.8 Å². The van der Waals surface area contributed by atoms with Gasteiger partial charge in [0.15, 0.2) is 0 Å². The highest BCUT2D eigenvalue weighted by Crippen LogP contribution is 2.34. The Bertz CT molecular complexity index is 392. The Morgan fingerprint density at radius 2 is 2.11 bits per heavy atom. The third-order valence-corrected chi connectivity index (χ3v) is 3.63. The molecule has 0 amide bonds. The maximum absolute atomic E-state index is 5.78. The number of ether oxygens (including phenoxy) is 2. The molecule has 0 saturated carbocycles. The second-order valence-electron chi connectivity index (χ2n) is 5.11. The van der Waals surface area contributed by atoms with Crippen LogP contribution in [0.5, 0.6) is 11.5 Å². The molecule has 1 unspecified atom stereocenters. The Morgan fingerprint density at radius 3 is 2.89 bits per heavy atom. The van der Waals surface area contributed by atoms with E-state index in [1.165, 1.54) is 31.2 Å². The second-order valence-corrected chi connectivity index (χ2v) is 5.11. The lowest BCUT2D eigenvalue weighted by Crippen LogP contribution is -2.17. The number of unbranched alkanes of at least 4 members (excludes halogenated alkanes) is 4. The highest BCUT2D eigenvalue weighted by molar-refractivity contribution is 5.44. The Labute approximate surface area is 116 Å². The number of hydrogen-bond donors (Lipinski definition) is 1. The smallest absolute Gasteiger partial charge is 0.127 e. The highest BCUT2D eigenvalue weighted by atomic mass is 16.5. The lowest BCUT2D eigenvalue weighted by molar-refractivity contribution is 0.298. The zero-order valence-corrected chi connectivity index (χ0v) is 12.1. The fourth-order valence-electron chi connectivity index (χ4n) is 2.41. The monoisotopic (exact) mass is 263 g/mol. The van der Waals surface area contributed by atoms with Gasteiger partial charge in [0.1, 0.15) is 18.1 Å². The van der Waals surface area contributed by atoms with Crippen LogP contribution in [0.25, 0.3) is 0 Å². The highest BCUT2D eigenvalue weighted by Gasteiger charge is 2.22. The summed E-state index contributed by atoms with van der Waals surface area (Å²) >= 11 is 0. The van der Waals surface area contributed by atoms with Gasteiger partial charge < -0.3 is 14.8 Å². The molecule has 106 valence electrons. The minimum atomic E-state index is 0.318. The van der Waals surface area contributed by atoms with Crippen molar-refractivity contribution in [2.45, 2.75) is 45.1 Å². The Kier molecular flexibility index (Phi) is 5.52. The van der Waals surface area contributed by atoms with Crippen molar-refractivity contribution >= 4 is 0 Å². The second kappa shape index (κ2) is 7.39. The van der Waals surface area contributed by atoms with Gasteiger partial charge in [0.2, 0.25) is 0 Å². The topological polar surface area (TPSA) is 30.5 Å². The van der Waals surface area contributed by atoms with Crippen molar-refractivity contribution in [1.29, 1.82) is 0 Å². The first-order valence-corrected chi connectivity index (χ1v) is 7.42. The fraction of sp³-hybridized carbons (Fsp3) is 0.625. The molecule has 1 atom stereocenters. The molecular formula is C16H25NO2. The van der Waals surface area contributed by atoms with E-state index in [2.05, 4.69) is 18.3 Å². The number of benzene rings is 1. The Balaban J connectivity index is 1.76. The molecule has 1 aliphatic heterocycles. The van der Waals surface area contributed by atoms with Crippen LogP contribution >= 0.6 is 0 Å². The number of rotatable bonds is 8. The molecule has 19 heavy (non-hydrogen) atoms. The molecular weight excluding hydrogens is 238 g/mol. The average molecular weight is 263 g/mol. The van der Waals surface area contributed by atoms with Crippen LogP contribution in [0.4, 0.5) is 0 Å². The summed E-state index contributed by atoms with van der Waals surface area (Å²) in [6, 6.07) is 6.48. The van der Waals surface area contributed by atoms with Gasteiger partial charge in [0, 0.05) is 11.6 Å². The molecule has 1 heterocycles. The quantitative estimate of drug-likeness (QED) is 0.726. The molecule has 1 aromatic rings. The molecule has 3 heteroatoms. The van der Waals surface area contributed by atoms with Crippen molar-refractivity contribution in [1.82, 2.24) is 5.32 Å². The summed E-state index contributed by atoms with van der Waals surface area (Å²) in [5.74, 6) is 1.88. The molecule has 1 aromatic carbocycles. The fourth-order valence-corrected chi connectivity index (χ4v) is 2.41. The summed E-state index contributed by atoms with van der Waals surface area (Å²) in [6.07, 6.45) is 6.33. The maximum Gasteiger partial charge on any atom is 0.127 e. The van der Waals surface area contributed by atoms with Crippen LogP contribution in [0.3, 0.4) is 0 Å². The first-order chi connectivity index (χ1) is 9.35. The van der Waals surface area contributed by atoms with Crippen LogP contribution in [0.15, 0.2) is 18.2 Å². The molecule has 0 bridgehead atoms. The summed E-state index contributed by atoms with van der Waals surface area (Å²) in [5.41, 5.74) is 1.23. The molecule has 0 aliphatic carbocycles. The van der Waals surface area contributed by atoms with Gasteiger partial charge in [0.05, 0.1) is 12.6 Å². The maximum atomic E-state index is 5.78. The van der Waals surface area contributed by atoms with E-state index in [-0.39, 0.29) is 0 Å². The predicted octanol–water partition coefficient (Wildman–Crippen LogP) is 3.69. The van der Waals surface area contributed by atoms with Crippen LogP contribution < -0.4 is 14.8 Å². The minimum Gasteiger partial charge on any atom is -0.493 e. The van der Waals surface area contributed by atoms with E-state index >= 15 is 0 Å². The van der Waals surface area contributed by atoms with Crippen molar-refractivity contribution < 1.29 is 9.47 Å². The predicted molar refractivity (Wildman–Crippen MR) is 78.0 cm³/mol. The molecule has 0 aromatic heterocycles. The summed E-state index contributed by atoms with van der Waals surface area (Å²) in [5, 5.41) is 3.25. The van der Waals surface area contributed by atoms with Gasteiger partial charge in [-0.25, -0.2) is 0 Å². The zero-order valence-electron chi connectivity index (χ0n) is 12.1. The van der Waals surface area contributed by atoms with E-state index in [0.29, 0.717) is 12.6 Å². The first kappa shape index (κ1) is 14.2. The summed E-state index contributed by atoms with van der Waals surface area (Å²) < 4.78 is 11.4. The van der Waals surface area contributed by atoms with E-state index in [1.807, 2.05) is 19.2 Å². The minimum absolute atomic E-state index is 0.318. The van der Waals surface area contributed by atoms with Crippen LogP contribution in [-0.4, -0.2) is 20.3 Å². The third kappa shape index (κ3) is 3.87. The summed E-state index contributed by atoms with van der Waals surface area (Å²) in [7, 11) is 1.96. The van der Waals surface area contributed by atoms with E-state index in [0.717, 1.165) is 24.5 Å². The largest absolute Gasteiger partial charge is 0.493 e. The molecule has 0 spiro atoms. The Hall–Kier alpha value is -1.22. The first-order valence-electron chi connectivity index (χ1n) is 7.42. The van der Waals surface area contributed by atoms with Gasteiger partial charge in [-0.1, -0.05) is 32.6 Å². The average Bonchev–Trinajstić information content (AvgIpc) is 2.85. The number of nitrogens with one attached hydrogen (secondary N) is 1. The summed E-state index contributed by atoms with van der Waals surface area (Å²) in [6.45, 7) is 3.75. The Morgan fingerprint density at radius 1 is 1.26 bits per heavy atom. The molecule has 1 N–H and O–H groups in total. The normalized spacial score (nSPS) is 17.1. The van der Waals surface area contributed by atoms with Gasteiger partial charge in [-0.2, -0.15) is 0 Å². The van der Waals surface area contributed by atoms with Gasteiger partial charge in [-0.15, -0.1) is 0 Å². The molecule has 0 saturated heterocycles. The van der Waals surface area contributed by atoms with Crippen LogP contribution in [-0.2, 0) is 0 Å². The lowest BCUT2D eigenvalue weighted by atomic mass is 10.1. The molecule has 2 rings (SSSR count). The number of fused-ring (bicyclic) bond motifs is 1. The SMILES string of the molecule is CCCCCCCOc1ccc2c(c1)OCC2NC. The van der Waals surface area contributed by atoms with Gasteiger partial charge in [-0.05, 0) is 25.6 Å². The lowest BCUT2D eigenvalue weighted by Gasteiger charge is -2.09. The van der Waals surface area contributed by atoms with Gasteiger partial charge in [0.25, 0.3) is 0 Å². The molecule has 3 nitrogen and oxygen atoms in total.